The zero-order valence-corrected chi connectivity index (χ0v) is 15.0. The van der Waals surface area contributed by atoms with E-state index in [1.54, 1.807) is 19.1 Å². The number of halogens is 2. The Morgan fingerprint density at radius 2 is 1.88 bits per heavy atom. The molecule has 0 unspecified atom stereocenters. The lowest BCUT2D eigenvalue weighted by Gasteiger charge is -2.10. The summed E-state index contributed by atoms with van der Waals surface area (Å²) in [6.07, 6.45) is -0.230. The summed E-state index contributed by atoms with van der Waals surface area (Å²) in [5.74, 6) is -1.36. The minimum Gasteiger partial charge on any atom is -0.504 e. The van der Waals surface area contributed by atoms with E-state index in [1.165, 1.54) is 18.2 Å². The molecule has 3 rings (SSSR count). The fourth-order valence-electron chi connectivity index (χ4n) is 2.57. The summed E-state index contributed by atoms with van der Waals surface area (Å²) in [6, 6.07) is 7.42. The average molecular weight is 394 g/mol. The summed E-state index contributed by atoms with van der Waals surface area (Å²) in [6.45, 7) is 1.64. The van der Waals surface area contributed by atoms with Gasteiger partial charge in [0.1, 0.15) is 0 Å². The van der Waals surface area contributed by atoms with E-state index in [2.05, 4.69) is 5.32 Å². The second-order valence-corrected chi connectivity index (χ2v) is 6.47. The number of benzene rings is 2. The topological polar surface area (TPSA) is 99.8 Å². The van der Waals surface area contributed by atoms with Gasteiger partial charge in [-0.3, -0.25) is 4.79 Å². The van der Waals surface area contributed by atoms with E-state index in [0.29, 0.717) is 26.7 Å². The van der Waals surface area contributed by atoms with Crippen LogP contribution >= 0.6 is 23.2 Å². The standard InChI is InChI=1S/C18H13Cl2NO5/c1-8-10-3-5-14(22)16(24)17(10)26-18(25)11(8)7-15(23)21-9-2-4-12(19)13(20)6-9/h2-6,22,24H,7H2,1H3,(H,21,23). The molecule has 0 saturated carbocycles. The molecule has 134 valence electrons. The number of hydrogen-bond donors (Lipinski definition) is 3. The summed E-state index contributed by atoms with van der Waals surface area (Å²) in [5, 5.41) is 23.1. The van der Waals surface area contributed by atoms with Gasteiger partial charge in [0.25, 0.3) is 0 Å². The molecule has 0 fully saturated rings. The molecular formula is C18H13Cl2NO5. The molecule has 3 N–H and O–H groups in total. The number of aryl methyl sites for hydroxylation is 1. The van der Waals surface area contributed by atoms with E-state index in [0.717, 1.165) is 0 Å². The number of hydrogen-bond acceptors (Lipinski definition) is 5. The first kappa shape index (κ1) is 18.1. The van der Waals surface area contributed by atoms with E-state index in [4.69, 9.17) is 27.6 Å². The monoisotopic (exact) mass is 393 g/mol. The van der Waals surface area contributed by atoms with Gasteiger partial charge < -0.3 is 19.9 Å². The first-order valence-corrected chi connectivity index (χ1v) is 8.25. The molecular weight excluding hydrogens is 381 g/mol. The van der Waals surface area contributed by atoms with Crippen LogP contribution in [0.1, 0.15) is 11.1 Å². The van der Waals surface area contributed by atoms with Crippen molar-refractivity contribution >= 4 is 45.8 Å². The normalized spacial score (nSPS) is 10.9. The van der Waals surface area contributed by atoms with Crippen molar-refractivity contribution in [1.82, 2.24) is 0 Å². The predicted octanol–water partition coefficient (Wildman–Crippen LogP) is 4.00. The smallest absolute Gasteiger partial charge is 0.340 e. The Labute approximate surface area is 157 Å². The molecule has 1 aromatic heterocycles. The van der Waals surface area contributed by atoms with Gasteiger partial charge in [-0.2, -0.15) is 0 Å². The minimum absolute atomic E-state index is 0.124. The molecule has 0 aliphatic rings. The second kappa shape index (κ2) is 6.90. The summed E-state index contributed by atoms with van der Waals surface area (Å²) in [5.41, 5.74) is 0.187. The van der Waals surface area contributed by atoms with Crippen molar-refractivity contribution in [3.8, 4) is 11.5 Å². The van der Waals surface area contributed by atoms with Crippen LogP contribution in [0.4, 0.5) is 5.69 Å². The average Bonchev–Trinajstić information content (AvgIpc) is 2.58. The molecule has 0 radical (unpaired) electrons. The zero-order valence-electron chi connectivity index (χ0n) is 13.5. The number of amides is 1. The van der Waals surface area contributed by atoms with Gasteiger partial charge in [-0.05, 0) is 42.8 Å². The number of carbonyl (C=O) groups is 1. The van der Waals surface area contributed by atoms with E-state index in [9.17, 15) is 19.8 Å². The van der Waals surface area contributed by atoms with Gasteiger partial charge in [-0.25, -0.2) is 4.79 Å². The maximum Gasteiger partial charge on any atom is 0.340 e. The summed E-state index contributed by atoms with van der Waals surface area (Å²) < 4.78 is 5.09. The van der Waals surface area contributed by atoms with Crippen molar-refractivity contribution in [2.45, 2.75) is 13.3 Å². The fraction of sp³-hybridized carbons (Fsp3) is 0.111. The number of phenols is 2. The van der Waals surface area contributed by atoms with Crippen molar-refractivity contribution in [1.29, 1.82) is 0 Å². The van der Waals surface area contributed by atoms with E-state index in [-0.39, 0.29) is 17.6 Å². The first-order chi connectivity index (χ1) is 12.3. The number of rotatable bonds is 3. The van der Waals surface area contributed by atoms with Gasteiger partial charge >= 0.3 is 5.63 Å². The molecule has 0 bridgehead atoms. The molecule has 3 aromatic rings. The third kappa shape index (κ3) is 3.34. The summed E-state index contributed by atoms with van der Waals surface area (Å²) >= 11 is 11.7. The number of anilines is 1. The van der Waals surface area contributed by atoms with Gasteiger partial charge in [-0.1, -0.05) is 23.2 Å². The van der Waals surface area contributed by atoms with Gasteiger partial charge in [-0.15, -0.1) is 0 Å². The van der Waals surface area contributed by atoms with Crippen LogP contribution in [0.3, 0.4) is 0 Å². The molecule has 0 aliphatic carbocycles. The molecule has 0 spiro atoms. The Bertz CT molecular complexity index is 1090. The van der Waals surface area contributed by atoms with E-state index in [1.807, 2.05) is 0 Å². The van der Waals surface area contributed by atoms with Crippen LogP contribution in [-0.4, -0.2) is 16.1 Å². The lowest BCUT2D eigenvalue weighted by Crippen LogP contribution is -2.20. The Hall–Kier alpha value is -2.70. The summed E-state index contributed by atoms with van der Waals surface area (Å²) in [7, 11) is 0. The zero-order chi connectivity index (χ0) is 19.0. The highest BCUT2D eigenvalue weighted by Crippen LogP contribution is 2.34. The number of phenolic OH excluding ortho intramolecular Hbond substituents is 2. The Morgan fingerprint density at radius 1 is 1.15 bits per heavy atom. The van der Waals surface area contributed by atoms with Crippen molar-refractivity contribution < 1.29 is 19.4 Å². The molecule has 0 saturated heterocycles. The molecule has 0 atom stereocenters. The largest absolute Gasteiger partial charge is 0.504 e. The van der Waals surface area contributed by atoms with Crippen molar-refractivity contribution in [3.05, 3.63) is 61.9 Å². The second-order valence-electron chi connectivity index (χ2n) is 5.66. The van der Waals surface area contributed by atoms with E-state index < -0.39 is 23.0 Å². The Morgan fingerprint density at radius 3 is 2.58 bits per heavy atom. The number of nitrogens with one attached hydrogen (secondary N) is 1. The lowest BCUT2D eigenvalue weighted by atomic mass is 10.0. The van der Waals surface area contributed by atoms with Gasteiger partial charge in [0.2, 0.25) is 11.7 Å². The Balaban J connectivity index is 1.93. The highest BCUT2D eigenvalue weighted by atomic mass is 35.5. The maximum atomic E-state index is 12.3. The maximum absolute atomic E-state index is 12.3. The number of aromatic hydroxyl groups is 2. The molecule has 1 amide bonds. The quantitative estimate of drug-likeness (QED) is 0.461. The van der Waals surface area contributed by atoms with Crippen LogP contribution in [0.25, 0.3) is 11.0 Å². The van der Waals surface area contributed by atoms with Crippen LogP contribution in [0, 0.1) is 6.92 Å². The molecule has 6 nitrogen and oxygen atoms in total. The first-order valence-electron chi connectivity index (χ1n) is 7.50. The number of carbonyl (C=O) groups excluding carboxylic acids is 1. The SMILES string of the molecule is Cc1c(CC(=O)Nc2ccc(Cl)c(Cl)c2)c(=O)oc2c(O)c(O)ccc12. The summed E-state index contributed by atoms with van der Waals surface area (Å²) in [4.78, 5) is 24.5. The number of fused-ring (bicyclic) bond motifs is 1. The predicted molar refractivity (Wildman–Crippen MR) is 99.3 cm³/mol. The highest BCUT2D eigenvalue weighted by molar-refractivity contribution is 6.42. The minimum atomic E-state index is -0.764. The van der Waals surface area contributed by atoms with Gasteiger partial charge in [0, 0.05) is 11.1 Å². The molecule has 26 heavy (non-hydrogen) atoms. The fourth-order valence-corrected chi connectivity index (χ4v) is 2.87. The third-order valence-electron chi connectivity index (χ3n) is 3.95. The van der Waals surface area contributed by atoms with Gasteiger partial charge in [0.05, 0.1) is 22.0 Å². The molecule has 8 heteroatoms. The molecule has 2 aromatic carbocycles. The Kier molecular flexibility index (Phi) is 4.80. The van der Waals surface area contributed by atoms with Crippen LogP contribution in [0.5, 0.6) is 11.5 Å². The van der Waals surface area contributed by atoms with Crippen LogP contribution in [0.15, 0.2) is 39.5 Å². The van der Waals surface area contributed by atoms with E-state index >= 15 is 0 Å². The highest BCUT2D eigenvalue weighted by Gasteiger charge is 2.18. The van der Waals surface area contributed by atoms with Crippen LogP contribution in [-0.2, 0) is 11.2 Å². The molecule has 0 aliphatic heterocycles. The van der Waals surface area contributed by atoms with Crippen LogP contribution < -0.4 is 10.9 Å². The van der Waals surface area contributed by atoms with Crippen molar-refractivity contribution in [2.75, 3.05) is 5.32 Å². The van der Waals surface area contributed by atoms with Crippen molar-refractivity contribution in [3.63, 3.8) is 0 Å². The lowest BCUT2D eigenvalue weighted by molar-refractivity contribution is -0.115. The van der Waals surface area contributed by atoms with Crippen molar-refractivity contribution in [2.24, 2.45) is 0 Å². The molecule has 1 heterocycles. The van der Waals surface area contributed by atoms with Crippen LogP contribution in [0.2, 0.25) is 10.0 Å². The third-order valence-corrected chi connectivity index (χ3v) is 4.69. The van der Waals surface area contributed by atoms with Gasteiger partial charge in [0.15, 0.2) is 11.3 Å².